The lowest BCUT2D eigenvalue weighted by molar-refractivity contribution is 0.299. The number of nitrogens with one attached hydrogen (secondary N) is 1. The van der Waals surface area contributed by atoms with E-state index in [0.717, 1.165) is 18.8 Å². The molecule has 2 nitrogen and oxygen atoms in total. The maximum absolute atomic E-state index is 8.88. The monoisotopic (exact) mass is 249 g/mol. The fourth-order valence-electron chi connectivity index (χ4n) is 2.11. The molecule has 0 saturated heterocycles. The Morgan fingerprint density at radius 2 is 1.78 bits per heavy atom. The van der Waals surface area contributed by atoms with Gasteiger partial charge in [-0.1, -0.05) is 39.3 Å². The summed E-state index contributed by atoms with van der Waals surface area (Å²) in [4.78, 5) is 0. The summed E-state index contributed by atoms with van der Waals surface area (Å²) in [5.41, 5.74) is 2.38. The van der Waals surface area contributed by atoms with Crippen LogP contribution in [0.2, 0.25) is 0 Å². The van der Waals surface area contributed by atoms with Crippen LogP contribution in [0, 0.1) is 5.92 Å². The highest BCUT2D eigenvalue weighted by Gasteiger charge is 2.10. The van der Waals surface area contributed by atoms with Crippen molar-refractivity contribution in [1.29, 1.82) is 0 Å². The predicted molar refractivity (Wildman–Crippen MR) is 79.0 cm³/mol. The van der Waals surface area contributed by atoms with Crippen LogP contribution in [0.15, 0.2) is 24.3 Å². The van der Waals surface area contributed by atoms with Crippen molar-refractivity contribution in [3.8, 4) is 0 Å². The first-order chi connectivity index (χ1) is 8.69. The van der Waals surface area contributed by atoms with Crippen LogP contribution < -0.4 is 5.32 Å². The summed E-state index contributed by atoms with van der Waals surface area (Å²) in [5, 5.41) is 12.5. The van der Waals surface area contributed by atoms with Crippen LogP contribution in [-0.4, -0.2) is 17.8 Å². The molecule has 0 heterocycles. The molecule has 1 aromatic carbocycles. The third-order valence-electron chi connectivity index (χ3n) is 3.60. The molecule has 0 radical (unpaired) electrons. The topological polar surface area (TPSA) is 32.3 Å². The molecule has 0 aliphatic carbocycles. The van der Waals surface area contributed by atoms with E-state index in [-0.39, 0.29) is 6.61 Å². The molecule has 2 N–H and O–H groups in total. The second kappa shape index (κ2) is 8.15. The lowest BCUT2D eigenvalue weighted by Gasteiger charge is -2.21. The van der Waals surface area contributed by atoms with E-state index in [1.165, 1.54) is 24.1 Å². The number of hydrogen-bond donors (Lipinski definition) is 2. The van der Waals surface area contributed by atoms with Crippen molar-refractivity contribution < 1.29 is 5.11 Å². The van der Waals surface area contributed by atoms with Crippen molar-refractivity contribution in [2.45, 2.75) is 52.5 Å². The highest BCUT2D eigenvalue weighted by molar-refractivity contribution is 5.45. The summed E-state index contributed by atoms with van der Waals surface area (Å²) < 4.78 is 0. The minimum Gasteiger partial charge on any atom is -0.396 e. The zero-order valence-electron chi connectivity index (χ0n) is 11.9. The van der Waals surface area contributed by atoms with Crippen LogP contribution >= 0.6 is 0 Å². The number of hydrogen-bond acceptors (Lipinski definition) is 2. The Labute approximate surface area is 111 Å². The van der Waals surface area contributed by atoms with Gasteiger partial charge in [0.2, 0.25) is 0 Å². The lowest BCUT2D eigenvalue weighted by Crippen LogP contribution is -2.21. The van der Waals surface area contributed by atoms with Gasteiger partial charge >= 0.3 is 0 Å². The molecule has 102 valence electrons. The van der Waals surface area contributed by atoms with E-state index in [4.69, 9.17) is 5.11 Å². The number of rotatable bonds is 8. The summed E-state index contributed by atoms with van der Waals surface area (Å²) >= 11 is 0. The Morgan fingerprint density at radius 1 is 1.11 bits per heavy atom. The Morgan fingerprint density at radius 3 is 2.28 bits per heavy atom. The third-order valence-corrected chi connectivity index (χ3v) is 3.60. The molecule has 18 heavy (non-hydrogen) atoms. The van der Waals surface area contributed by atoms with Crippen LogP contribution in [0.25, 0.3) is 0 Å². The van der Waals surface area contributed by atoms with Gasteiger partial charge in [-0.2, -0.15) is 0 Å². The number of aliphatic hydroxyl groups excluding tert-OH is 1. The fraction of sp³-hybridized carbons (Fsp3) is 0.625. The van der Waals surface area contributed by atoms with Gasteiger partial charge in [-0.25, -0.2) is 0 Å². The van der Waals surface area contributed by atoms with E-state index >= 15 is 0 Å². The minimum atomic E-state index is 0.221. The second-order valence-electron chi connectivity index (χ2n) is 5.17. The van der Waals surface area contributed by atoms with Gasteiger partial charge in [0.1, 0.15) is 0 Å². The van der Waals surface area contributed by atoms with Crippen LogP contribution in [-0.2, 0) is 6.42 Å². The molecule has 0 fully saturated rings. The van der Waals surface area contributed by atoms with Gasteiger partial charge in [0, 0.05) is 18.3 Å². The molecule has 0 aliphatic heterocycles. The Bertz CT molecular complexity index is 320. The van der Waals surface area contributed by atoms with Crippen LogP contribution in [0.4, 0.5) is 5.69 Å². The molecule has 2 unspecified atom stereocenters. The molecule has 2 heteroatoms. The molecule has 1 rings (SSSR count). The first-order valence-electron chi connectivity index (χ1n) is 7.15. The second-order valence-corrected chi connectivity index (χ2v) is 5.17. The maximum Gasteiger partial charge on any atom is 0.0471 e. The van der Waals surface area contributed by atoms with Crippen LogP contribution in [0.5, 0.6) is 0 Å². The predicted octanol–water partition coefficient (Wildman–Crippen LogP) is 3.85. The summed E-state index contributed by atoms with van der Waals surface area (Å²) in [5.74, 6) is 0.774. The molecule has 0 aromatic heterocycles. The smallest absolute Gasteiger partial charge is 0.0471 e. The Balaban J connectivity index is 2.53. The molecule has 0 bridgehead atoms. The number of benzene rings is 1. The van der Waals surface area contributed by atoms with E-state index in [1.54, 1.807) is 0 Å². The van der Waals surface area contributed by atoms with Crippen molar-refractivity contribution in [1.82, 2.24) is 0 Å². The van der Waals surface area contributed by atoms with E-state index in [1.807, 2.05) is 0 Å². The molecule has 0 aliphatic rings. The zero-order chi connectivity index (χ0) is 13.4. The summed E-state index contributed by atoms with van der Waals surface area (Å²) in [6, 6.07) is 8.97. The minimum absolute atomic E-state index is 0.221. The van der Waals surface area contributed by atoms with Crippen LogP contribution in [0.1, 0.15) is 45.6 Å². The van der Waals surface area contributed by atoms with Crippen molar-refractivity contribution >= 4 is 5.69 Å². The van der Waals surface area contributed by atoms with Crippen molar-refractivity contribution in [2.75, 3.05) is 11.9 Å². The molecular weight excluding hydrogens is 222 g/mol. The van der Waals surface area contributed by atoms with Gasteiger partial charge in [-0.3, -0.25) is 0 Å². The highest BCUT2D eigenvalue weighted by Crippen LogP contribution is 2.18. The fourth-order valence-corrected chi connectivity index (χ4v) is 2.11. The maximum atomic E-state index is 8.88. The summed E-state index contributed by atoms with van der Waals surface area (Å²) in [6.07, 6.45) is 4.37. The SMILES string of the molecule is CCC(C)CC(CC)Nc1ccc(CCO)cc1. The third kappa shape index (κ3) is 5.09. The first-order valence-corrected chi connectivity index (χ1v) is 7.15. The van der Waals surface area contributed by atoms with E-state index in [9.17, 15) is 0 Å². The van der Waals surface area contributed by atoms with Crippen LogP contribution in [0.3, 0.4) is 0 Å². The van der Waals surface area contributed by atoms with E-state index in [0.29, 0.717) is 6.04 Å². The van der Waals surface area contributed by atoms with Gasteiger partial charge in [-0.15, -0.1) is 0 Å². The largest absolute Gasteiger partial charge is 0.396 e. The summed E-state index contributed by atoms with van der Waals surface area (Å²) in [7, 11) is 0. The Hall–Kier alpha value is -1.02. The molecule has 0 amide bonds. The van der Waals surface area contributed by atoms with Crippen molar-refractivity contribution in [3.05, 3.63) is 29.8 Å². The standard InChI is InChI=1S/C16H27NO/c1-4-13(3)12-15(5-2)17-16-8-6-14(7-9-16)10-11-18/h6-9,13,15,17-18H,4-5,10-12H2,1-3H3. The first kappa shape index (κ1) is 15.0. The number of aliphatic hydroxyl groups is 1. The van der Waals surface area contributed by atoms with Crippen molar-refractivity contribution in [2.24, 2.45) is 5.92 Å². The molecular formula is C16H27NO. The lowest BCUT2D eigenvalue weighted by atomic mass is 9.97. The molecule has 0 saturated carbocycles. The van der Waals surface area contributed by atoms with Gasteiger partial charge in [0.15, 0.2) is 0 Å². The molecule has 2 atom stereocenters. The van der Waals surface area contributed by atoms with Crippen molar-refractivity contribution in [3.63, 3.8) is 0 Å². The average Bonchev–Trinajstić information content (AvgIpc) is 2.40. The molecule has 0 spiro atoms. The quantitative estimate of drug-likeness (QED) is 0.733. The van der Waals surface area contributed by atoms with Gasteiger partial charge in [0.25, 0.3) is 0 Å². The summed E-state index contributed by atoms with van der Waals surface area (Å²) in [6.45, 7) is 7.02. The van der Waals surface area contributed by atoms with E-state index < -0.39 is 0 Å². The van der Waals surface area contributed by atoms with Gasteiger partial charge < -0.3 is 10.4 Å². The molecule has 1 aromatic rings. The zero-order valence-corrected chi connectivity index (χ0v) is 11.9. The highest BCUT2D eigenvalue weighted by atomic mass is 16.2. The normalized spacial score (nSPS) is 14.2. The average molecular weight is 249 g/mol. The van der Waals surface area contributed by atoms with E-state index in [2.05, 4.69) is 50.4 Å². The number of anilines is 1. The van der Waals surface area contributed by atoms with Gasteiger partial charge in [-0.05, 0) is 42.9 Å². The van der Waals surface area contributed by atoms with Gasteiger partial charge in [0.05, 0.1) is 0 Å². The Kier molecular flexibility index (Phi) is 6.81.